The van der Waals surface area contributed by atoms with Gasteiger partial charge in [-0.2, -0.15) is 0 Å². The summed E-state index contributed by atoms with van der Waals surface area (Å²) in [4.78, 5) is 37.1. The van der Waals surface area contributed by atoms with Crippen molar-refractivity contribution in [2.75, 3.05) is 26.2 Å². The van der Waals surface area contributed by atoms with Crippen molar-refractivity contribution in [2.45, 2.75) is 57.4 Å². The first-order valence-electron chi connectivity index (χ1n) is 11.4. The summed E-state index contributed by atoms with van der Waals surface area (Å²) < 4.78 is 0. The third kappa shape index (κ3) is 5.17. The number of fused-ring (bicyclic) bond motifs is 1. The van der Waals surface area contributed by atoms with Crippen LogP contribution in [0.5, 0.6) is 0 Å². The summed E-state index contributed by atoms with van der Waals surface area (Å²) in [7, 11) is 0. The molecule has 0 aromatic carbocycles. The van der Waals surface area contributed by atoms with Gasteiger partial charge in [0.2, 0.25) is 5.91 Å². The molecule has 0 unspecified atom stereocenters. The molecule has 30 heavy (non-hydrogen) atoms. The van der Waals surface area contributed by atoms with Gasteiger partial charge in [-0.05, 0) is 25.0 Å². The van der Waals surface area contributed by atoms with E-state index in [0.29, 0.717) is 36.0 Å². The minimum Gasteiger partial charge on any atom is -0.340 e. The van der Waals surface area contributed by atoms with Crippen molar-refractivity contribution in [3.8, 4) is 0 Å². The van der Waals surface area contributed by atoms with Crippen LogP contribution in [0, 0.1) is 0 Å². The number of allylic oxidation sites excluding steroid dienone is 4. The van der Waals surface area contributed by atoms with Gasteiger partial charge >= 0.3 is 0 Å². The number of carbonyl (C=O) groups excluding carboxylic acids is 1. The number of nitrogens with one attached hydrogen (secondary N) is 1. The minimum absolute atomic E-state index is 0.156. The monoisotopic (exact) mass is 408 g/mol. The van der Waals surface area contributed by atoms with E-state index in [4.69, 9.17) is 0 Å². The molecule has 1 aromatic rings. The largest absolute Gasteiger partial charge is 0.340 e. The lowest BCUT2D eigenvalue weighted by atomic mass is 10.1. The number of piperazine rings is 1. The van der Waals surface area contributed by atoms with Crippen LogP contribution in [0.4, 0.5) is 0 Å². The van der Waals surface area contributed by atoms with E-state index in [9.17, 15) is 9.59 Å². The molecule has 1 saturated carbocycles. The van der Waals surface area contributed by atoms with Crippen molar-refractivity contribution in [1.82, 2.24) is 19.8 Å². The molecule has 6 heteroatoms. The Labute approximate surface area is 178 Å². The van der Waals surface area contributed by atoms with Crippen molar-refractivity contribution in [3.63, 3.8) is 0 Å². The summed E-state index contributed by atoms with van der Waals surface area (Å²) in [5, 5.41) is 0. The predicted molar refractivity (Wildman–Crippen MR) is 120 cm³/mol. The highest BCUT2D eigenvalue weighted by molar-refractivity contribution is 5.76. The Morgan fingerprint density at radius 2 is 1.67 bits per heavy atom. The number of nitrogens with zero attached hydrogens (tertiary/aromatic N) is 3. The zero-order chi connectivity index (χ0) is 20.8. The fourth-order valence-electron chi connectivity index (χ4n) is 4.72. The molecule has 2 heterocycles. The summed E-state index contributed by atoms with van der Waals surface area (Å²) in [6.07, 6.45) is 20.0. The van der Waals surface area contributed by atoms with E-state index in [1.807, 2.05) is 35.3 Å². The first-order chi connectivity index (χ1) is 14.7. The predicted octanol–water partition coefficient (Wildman–Crippen LogP) is 3.17. The first-order valence-corrected chi connectivity index (χ1v) is 11.4. The van der Waals surface area contributed by atoms with Crippen LogP contribution in [0.15, 0.2) is 29.1 Å². The second-order valence-corrected chi connectivity index (χ2v) is 8.48. The van der Waals surface area contributed by atoms with E-state index in [1.165, 1.54) is 38.5 Å². The molecule has 1 N–H and O–H groups in total. The Morgan fingerprint density at radius 3 is 2.40 bits per heavy atom. The fraction of sp³-hybridized carbons (Fsp3) is 0.542. The highest BCUT2D eigenvalue weighted by Crippen LogP contribution is 2.23. The van der Waals surface area contributed by atoms with E-state index >= 15 is 0 Å². The first kappa shape index (κ1) is 20.8. The average molecular weight is 409 g/mol. The van der Waals surface area contributed by atoms with Gasteiger partial charge in [-0.25, -0.2) is 4.98 Å². The van der Waals surface area contributed by atoms with E-state index in [2.05, 4.69) is 14.9 Å². The Bertz CT molecular complexity index is 883. The van der Waals surface area contributed by atoms with Crippen LogP contribution in [0.2, 0.25) is 0 Å². The SMILES string of the molecule is O=C(CCc1nc2c(c(=O)[nH]1)C=CC=CC=C2)N1CCN(C2CCCCCC2)CC1. The van der Waals surface area contributed by atoms with E-state index in [0.717, 1.165) is 26.2 Å². The van der Waals surface area contributed by atoms with Gasteiger partial charge in [0.15, 0.2) is 0 Å². The number of hydrogen-bond acceptors (Lipinski definition) is 4. The molecule has 0 radical (unpaired) electrons. The molecule has 1 amide bonds. The van der Waals surface area contributed by atoms with Crippen molar-refractivity contribution in [3.05, 3.63) is 51.7 Å². The highest BCUT2D eigenvalue weighted by Gasteiger charge is 2.26. The summed E-state index contributed by atoms with van der Waals surface area (Å²) in [5.41, 5.74) is 1.05. The number of aromatic nitrogens is 2. The molecule has 3 aliphatic rings. The summed E-state index contributed by atoms with van der Waals surface area (Å²) in [5.74, 6) is 0.732. The van der Waals surface area contributed by atoms with Crippen LogP contribution in [0.25, 0.3) is 12.2 Å². The molecule has 0 atom stereocenters. The molecule has 1 saturated heterocycles. The van der Waals surface area contributed by atoms with Crippen molar-refractivity contribution < 1.29 is 4.79 Å². The average Bonchev–Trinajstić information content (AvgIpc) is 3.03. The third-order valence-corrected chi connectivity index (χ3v) is 6.47. The molecule has 4 rings (SSSR count). The molecule has 2 fully saturated rings. The number of aryl methyl sites for hydroxylation is 1. The number of H-pyrrole nitrogens is 1. The molecule has 1 aliphatic heterocycles. The quantitative estimate of drug-likeness (QED) is 0.777. The normalized spacial score (nSPS) is 20.5. The zero-order valence-corrected chi connectivity index (χ0v) is 17.7. The molecule has 0 spiro atoms. The Kier molecular flexibility index (Phi) is 6.95. The van der Waals surface area contributed by atoms with Gasteiger partial charge < -0.3 is 9.88 Å². The highest BCUT2D eigenvalue weighted by atomic mass is 16.2. The molecular weight excluding hydrogens is 376 g/mol. The molecular formula is C24H32N4O2. The van der Waals surface area contributed by atoms with Gasteiger partial charge in [0.25, 0.3) is 5.56 Å². The molecule has 2 aliphatic carbocycles. The smallest absolute Gasteiger partial charge is 0.258 e. The maximum absolute atomic E-state index is 12.7. The lowest BCUT2D eigenvalue weighted by molar-refractivity contribution is -0.133. The Hall–Kier alpha value is -2.47. The van der Waals surface area contributed by atoms with Crippen LogP contribution in [0.1, 0.15) is 62.0 Å². The fourth-order valence-corrected chi connectivity index (χ4v) is 4.72. The van der Waals surface area contributed by atoms with Gasteiger partial charge in [-0.1, -0.05) is 50.0 Å². The van der Waals surface area contributed by atoms with Crippen LogP contribution in [0.3, 0.4) is 0 Å². The number of rotatable bonds is 4. The number of hydrogen-bond donors (Lipinski definition) is 1. The Morgan fingerprint density at radius 1 is 0.967 bits per heavy atom. The van der Waals surface area contributed by atoms with Gasteiger partial charge in [0, 0.05) is 45.1 Å². The summed E-state index contributed by atoms with van der Waals surface area (Å²) in [6.45, 7) is 3.58. The van der Waals surface area contributed by atoms with Gasteiger partial charge in [-0.3, -0.25) is 14.5 Å². The van der Waals surface area contributed by atoms with Crippen molar-refractivity contribution in [2.24, 2.45) is 0 Å². The second-order valence-electron chi connectivity index (χ2n) is 8.48. The van der Waals surface area contributed by atoms with Crippen LogP contribution < -0.4 is 5.56 Å². The van der Waals surface area contributed by atoms with Crippen LogP contribution >= 0.6 is 0 Å². The van der Waals surface area contributed by atoms with Crippen molar-refractivity contribution >= 4 is 18.1 Å². The number of amides is 1. The number of carbonyl (C=O) groups is 1. The van der Waals surface area contributed by atoms with E-state index in [1.54, 1.807) is 6.08 Å². The molecule has 1 aromatic heterocycles. The summed E-state index contributed by atoms with van der Waals surface area (Å²) >= 11 is 0. The van der Waals surface area contributed by atoms with E-state index < -0.39 is 0 Å². The van der Waals surface area contributed by atoms with Gasteiger partial charge in [0.1, 0.15) is 5.82 Å². The van der Waals surface area contributed by atoms with Gasteiger partial charge in [-0.15, -0.1) is 0 Å². The molecule has 0 bridgehead atoms. The lowest BCUT2D eigenvalue weighted by Gasteiger charge is -2.39. The minimum atomic E-state index is -0.157. The van der Waals surface area contributed by atoms with Gasteiger partial charge in [0.05, 0.1) is 11.3 Å². The summed E-state index contributed by atoms with van der Waals surface area (Å²) in [6, 6.07) is 0.708. The van der Waals surface area contributed by atoms with Crippen molar-refractivity contribution in [1.29, 1.82) is 0 Å². The maximum atomic E-state index is 12.7. The standard InChI is InChI=1S/C24H32N4O2/c29-23(28-17-15-27(16-18-28)19-9-5-1-2-6-10-19)14-13-22-25-21-12-8-4-3-7-11-20(21)24(30)26-22/h3-4,7-8,11-12,19H,1-2,5-6,9-10,13-18H2,(H,25,26,30). The zero-order valence-electron chi connectivity index (χ0n) is 17.7. The van der Waals surface area contributed by atoms with E-state index in [-0.39, 0.29) is 11.5 Å². The number of aromatic amines is 1. The molecule has 160 valence electrons. The Balaban J connectivity index is 1.31. The lowest BCUT2D eigenvalue weighted by Crippen LogP contribution is -2.52. The van der Waals surface area contributed by atoms with Crippen LogP contribution in [-0.2, 0) is 11.2 Å². The maximum Gasteiger partial charge on any atom is 0.258 e. The topological polar surface area (TPSA) is 69.3 Å². The molecule has 6 nitrogen and oxygen atoms in total. The van der Waals surface area contributed by atoms with Crippen LogP contribution in [-0.4, -0.2) is 57.9 Å². The second kappa shape index (κ2) is 10.0. The third-order valence-electron chi connectivity index (χ3n) is 6.47.